The zero-order valence-corrected chi connectivity index (χ0v) is 16.6. The summed E-state index contributed by atoms with van der Waals surface area (Å²) in [5.74, 6) is -2.41. The fourth-order valence-corrected chi connectivity index (χ4v) is 2.91. The number of halogens is 5. The molecule has 0 radical (unpaired) electrons. The van der Waals surface area contributed by atoms with Crippen LogP contribution in [0.15, 0.2) is 47.6 Å². The molecule has 1 aliphatic heterocycles. The second-order valence-electron chi connectivity index (χ2n) is 6.60. The highest BCUT2D eigenvalue weighted by Gasteiger charge is 2.36. The minimum Gasteiger partial charge on any atom is -0.450 e. The molecular weight excluding hydrogens is 444 g/mol. The smallest absolute Gasteiger partial charge is 0.418 e. The highest BCUT2D eigenvalue weighted by molar-refractivity contribution is 6.30. The van der Waals surface area contributed by atoms with Crippen LogP contribution >= 0.6 is 11.6 Å². The molecule has 0 aromatic heterocycles. The lowest BCUT2D eigenvalue weighted by Crippen LogP contribution is -2.34. The Kier molecular flexibility index (Phi) is 6.49. The topological polar surface area (TPSA) is 77.0 Å². The van der Waals surface area contributed by atoms with Crippen molar-refractivity contribution in [3.8, 4) is 0 Å². The molecular formula is C20H15ClF4N2O4. The lowest BCUT2D eigenvalue weighted by molar-refractivity contribution is -0.163. The molecule has 2 atom stereocenters. The van der Waals surface area contributed by atoms with E-state index in [9.17, 15) is 27.2 Å². The Morgan fingerprint density at radius 3 is 2.68 bits per heavy atom. The fourth-order valence-electron chi connectivity index (χ4n) is 2.74. The molecule has 0 aliphatic carbocycles. The Labute approximate surface area is 178 Å². The highest BCUT2D eigenvalue weighted by atomic mass is 35.5. The molecule has 2 aromatic carbocycles. The van der Waals surface area contributed by atoms with Gasteiger partial charge in [-0.3, -0.25) is 4.79 Å². The third-order valence-corrected chi connectivity index (χ3v) is 4.53. The number of hydrogen-bond donors (Lipinski definition) is 1. The van der Waals surface area contributed by atoms with Crippen LogP contribution in [0.5, 0.6) is 0 Å². The number of esters is 1. The maximum atomic E-state index is 13.3. The van der Waals surface area contributed by atoms with Gasteiger partial charge in [-0.25, -0.2) is 9.18 Å². The zero-order valence-electron chi connectivity index (χ0n) is 15.9. The molecule has 1 heterocycles. The number of nitrogens with zero attached hydrogens (tertiary/aromatic N) is 1. The first-order valence-electron chi connectivity index (χ1n) is 8.91. The molecule has 11 heteroatoms. The second-order valence-corrected chi connectivity index (χ2v) is 7.04. The number of hydrogen-bond acceptors (Lipinski definition) is 5. The monoisotopic (exact) mass is 458 g/mol. The number of amides is 1. The van der Waals surface area contributed by atoms with Crippen LogP contribution in [-0.2, 0) is 25.3 Å². The summed E-state index contributed by atoms with van der Waals surface area (Å²) in [7, 11) is 0. The number of carbonyl (C=O) groups is 2. The van der Waals surface area contributed by atoms with Crippen LogP contribution in [0.1, 0.15) is 24.5 Å². The number of rotatable bonds is 5. The Morgan fingerprint density at radius 1 is 1.26 bits per heavy atom. The average Bonchev–Trinajstić information content (AvgIpc) is 3.19. The molecule has 0 spiro atoms. The standard InChI is InChI=1S/C20H15ClF4N2O4/c1-10(18(28)26-15-6-5-12(21)8-14(15)20(23,24)25)30-19(29)17-9-16(27-31-17)11-3-2-4-13(22)7-11/h2-8,10,17H,9H2,1H3,(H,26,28). The van der Waals surface area contributed by atoms with Gasteiger partial charge in [-0.05, 0) is 37.3 Å². The van der Waals surface area contributed by atoms with E-state index >= 15 is 0 Å². The Hall–Kier alpha value is -3.14. The highest BCUT2D eigenvalue weighted by Crippen LogP contribution is 2.36. The second kappa shape index (κ2) is 8.93. The maximum Gasteiger partial charge on any atom is 0.418 e. The van der Waals surface area contributed by atoms with Crippen LogP contribution < -0.4 is 5.32 Å². The van der Waals surface area contributed by atoms with Gasteiger partial charge in [0.15, 0.2) is 6.10 Å². The van der Waals surface area contributed by atoms with E-state index in [0.717, 1.165) is 6.07 Å². The minimum absolute atomic E-state index is 0.0218. The maximum absolute atomic E-state index is 13.3. The molecule has 1 aliphatic rings. The average molecular weight is 459 g/mol. The number of anilines is 1. The van der Waals surface area contributed by atoms with Gasteiger partial charge in [0.1, 0.15) is 5.82 Å². The first-order chi connectivity index (χ1) is 14.5. The zero-order chi connectivity index (χ0) is 22.8. The van der Waals surface area contributed by atoms with Crippen molar-refractivity contribution in [1.82, 2.24) is 0 Å². The summed E-state index contributed by atoms with van der Waals surface area (Å²) in [6.07, 6.45) is -7.37. The van der Waals surface area contributed by atoms with Crippen LogP contribution in [-0.4, -0.2) is 29.8 Å². The van der Waals surface area contributed by atoms with E-state index in [1.807, 2.05) is 0 Å². The van der Waals surface area contributed by atoms with E-state index in [0.29, 0.717) is 17.3 Å². The fraction of sp³-hybridized carbons (Fsp3) is 0.250. The molecule has 31 heavy (non-hydrogen) atoms. The van der Waals surface area contributed by atoms with Crippen LogP contribution in [0, 0.1) is 5.82 Å². The van der Waals surface area contributed by atoms with Crippen LogP contribution in [0.4, 0.5) is 23.2 Å². The molecule has 3 rings (SSSR count). The molecule has 0 saturated carbocycles. The largest absolute Gasteiger partial charge is 0.450 e. The molecule has 2 aromatic rings. The minimum atomic E-state index is -4.75. The number of carbonyl (C=O) groups excluding carboxylic acids is 2. The molecule has 164 valence electrons. The predicted octanol–water partition coefficient (Wildman–Crippen LogP) is 4.56. The van der Waals surface area contributed by atoms with Gasteiger partial charge in [0.2, 0.25) is 6.10 Å². The lowest BCUT2D eigenvalue weighted by atomic mass is 10.1. The van der Waals surface area contributed by atoms with Gasteiger partial charge in [-0.2, -0.15) is 13.2 Å². The molecule has 1 amide bonds. The van der Waals surface area contributed by atoms with Gasteiger partial charge in [0.05, 0.1) is 17.0 Å². The van der Waals surface area contributed by atoms with Gasteiger partial charge < -0.3 is 14.9 Å². The summed E-state index contributed by atoms with van der Waals surface area (Å²) in [4.78, 5) is 29.5. The van der Waals surface area contributed by atoms with Crippen LogP contribution in [0.25, 0.3) is 0 Å². The molecule has 0 bridgehead atoms. The number of oxime groups is 1. The van der Waals surface area contributed by atoms with Crippen molar-refractivity contribution in [3.05, 3.63) is 64.4 Å². The molecule has 1 N–H and O–H groups in total. The quantitative estimate of drug-likeness (QED) is 0.526. The van der Waals surface area contributed by atoms with E-state index in [4.69, 9.17) is 21.2 Å². The summed E-state index contributed by atoms with van der Waals surface area (Å²) in [6, 6.07) is 8.37. The van der Waals surface area contributed by atoms with Gasteiger partial charge >= 0.3 is 12.1 Å². The summed E-state index contributed by atoms with van der Waals surface area (Å²) < 4.78 is 57.8. The Morgan fingerprint density at radius 2 is 2.00 bits per heavy atom. The van der Waals surface area contributed by atoms with Crippen molar-refractivity contribution in [2.75, 3.05) is 5.32 Å². The van der Waals surface area contributed by atoms with Crippen molar-refractivity contribution in [1.29, 1.82) is 0 Å². The normalized spacial score (nSPS) is 16.8. The Bertz CT molecular complexity index is 1040. The molecule has 0 fully saturated rings. The third kappa shape index (κ3) is 5.52. The van der Waals surface area contributed by atoms with Crippen molar-refractivity contribution in [2.24, 2.45) is 5.16 Å². The van der Waals surface area contributed by atoms with Crippen molar-refractivity contribution in [3.63, 3.8) is 0 Å². The van der Waals surface area contributed by atoms with E-state index in [1.54, 1.807) is 6.07 Å². The van der Waals surface area contributed by atoms with Gasteiger partial charge in [0, 0.05) is 17.0 Å². The summed E-state index contributed by atoms with van der Waals surface area (Å²) in [6.45, 7) is 1.19. The van der Waals surface area contributed by atoms with Crippen molar-refractivity contribution in [2.45, 2.75) is 31.7 Å². The Balaban J connectivity index is 1.60. The lowest BCUT2D eigenvalue weighted by Gasteiger charge is -2.18. The van der Waals surface area contributed by atoms with E-state index in [1.165, 1.54) is 31.2 Å². The van der Waals surface area contributed by atoms with Gasteiger partial charge in [0.25, 0.3) is 5.91 Å². The molecule has 0 saturated heterocycles. The first kappa shape index (κ1) is 22.5. The molecule has 2 unspecified atom stereocenters. The SMILES string of the molecule is CC(OC(=O)C1CC(c2cccc(F)c2)=NO1)C(=O)Nc1ccc(Cl)cc1C(F)(F)F. The first-order valence-corrected chi connectivity index (χ1v) is 9.29. The van der Waals surface area contributed by atoms with E-state index < -0.39 is 47.3 Å². The third-order valence-electron chi connectivity index (χ3n) is 4.30. The van der Waals surface area contributed by atoms with Gasteiger partial charge in [-0.1, -0.05) is 28.9 Å². The van der Waals surface area contributed by atoms with Gasteiger partial charge in [-0.15, -0.1) is 0 Å². The summed E-state index contributed by atoms with van der Waals surface area (Å²) in [5.41, 5.74) is -0.934. The van der Waals surface area contributed by atoms with Crippen molar-refractivity contribution < 1.29 is 36.7 Å². The number of alkyl halides is 3. The molecule has 6 nitrogen and oxygen atoms in total. The summed E-state index contributed by atoms with van der Waals surface area (Å²) in [5, 5.41) is 5.65. The summed E-state index contributed by atoms with van der Waals surface area (Å²) >= 11 is 5.60. The number of nitrogens with one attached hydrogen (secondary N) is 1. The van der Waals surface area contributed by atoms with E-state index in [2.05, 4.69) is 10.5 Å². The number of ether oxygens (including phenoxy) is 1. The van der Waals surface area contributed by atoms with Crippen LogP contribution in [0.3, 0.4) is 0 Å². The van der Waals surface area contributed by atoms with Crippen molar-refractivity contribution >= 4 is 34.9 Å². The number of benzene rings is 2. The van der Waals surface area contributed by atoms with Crippen LogP contribution in [0.2, 0.25) is 5.02 Å². The van der Waals surface area contributed by atoms with E-state index in [-0.39, 0.29) is 11.4 Å². The predicted molar refractivity (Wildman–Crippen MR) is 103 cm³/mol.